The van der Waals surface area contributed by atoms with E-state index in [-0.39, 0.29) is 15.6 Å². The van der Waals surface area contributed by atoms with E-state index in [1.165, 1.54) is 19.4 Å². The number of aryl methyl sites for hydroxylation is 1. The summed E-state index contributed by atoms with van der Waals surface area (Å²) in [6, 6.07) is 1.36. The average molecular weight is 302 g/mol. The molecule has 2 aromatic rings. The van der Waals surface area contributed by atoms with Gasteiger partial charge in [0.1, 0.15) is 16.0 Å². The topological polar surface area (TPSA) is 98.5 Å². The second-order valence-electron chi connectivity index (χ2n) is 3.56. The SMILES string of the molecule is COC(=O)c1scc(C)c1S(=O)(=O)Nc1ccon1. The van der Waals surface area contributed by atoms with Gasteiger partial charge in [-0.1, -0.05) is 5.16 Å². The first-order valence-corrected chi connectivity index (χ1v) is 7.41. The number of thiophene rings is 1. The Kier molecular flexibility index (Phi) is 3.58. The number of methoxy groups -OCH3 is 1. The van der Waals surface area contributed by atoms with Crippen molar-refractivity contribution in [1.29, 1.82) is 0 Å². The van der Waals surface area contributed by atoms with Crippen molar-refractivity contribution in [1.82, 2.24) is 5.16 Å². The largest absolute Gasteiger partial charge is 0.465 e. The van der Waals surface area contributed by atoms with Gasteiger partial charge in [-0.25, -0.2) is 13.2 Å². The standard InChI is InChI=1S/C10H10N2O5S2/c1-6-5-18-8(10(13)16-2)9(6)19(14,15)12-7-3-4-17-11-7/h3-5H,1-2H3,(H,11,12). The third-order valence-corrected chi connectivity index (χ3v) is 4.98. The lowest BCUT2D eigenvalue weighted by Gasteiger charge is -2.06. The summed E-state index contributed by atoms with van der Waals surface area (Å²) in [6.07, 6.45) is 1.24. The van der Waals surface area contributed by atoms with Gasteiger partial charge in [0.15, 0.2) is 5.82 Å². The summed E-state index contributed by atoms with van der Waals surface area (Å²) in [7, 11) is -2.73. The van der Waals surface area contributed by atoms with Crippen molar-refractivity contribution in [2.45, 2.75) is 11.8 Å². The van der Waals surface area contributed by atoms with Crippen LogP contribution in [0.25, 0.3) is 0 Å². The van der Waals surface area contributed by atoms with Crippen LogP contribution in [0.1, 0.15) is 15.2 Å². The number of carbonyl (C=O) groups is 1. The fourth-order valence-electron chi connectivity index (χ4n) is 1.45. The molecule has 0 spiro atoms. The molecule has 2 aromatic heterocycles. The number of aromatic nitrogens is 1. The predicted molar refractivity (Wildman–Crippen MR) is 67.7 cm³/mol. The highest BCUT2D eigenvalue weighted by Crippen LogP contribution is 2.28. The van der Waals surface area contributed by atoms with Gasteiger partial charge in [0.05, 0.1) is 7.11 Å². The van der Waals surface area contributed by atoms with E-state index in [0.717, 1.165) is 11.3 Å². The third-order valence-electron chi connectivity index (χ3n) is 2.23. The summed E-state index contributed by atoms with van der Waals surface area (Å²) in [4.78, 5) is 11.5. The Morgan fingerprint density at radius 3 is 2.84 bits per heavy atom. The summed E-state index contributed by atoms with van der Waals surface area (Å²) in [5.74, 6) is -0.653. The second-order valence-corrected chi connectivity index (χ2v) is 6.06. The Morgan fingerprint density at radius 2 is 2.26 bits per heavy atom. The van der Waals surface area contributed by atoms with Crippen LogP contribution in [0.5, 0.6) is 0 Å². The lowest BCUT2D eigenvalue weighted by atomic mass is 10.3. The quantitative estimate of drug-likeness (QED) is 0.862. The Bertz CT molecular complexity index is 688. The first-order valence-electron chi connectivity index (χ1n) is 5.05. The highest BCUT2D eigenvalue weighted by Gasteiger charge is 2.28. The summed E-state index contributed by atoms with van der Waals surface area (Å²) in [5.41, 5.74) is 0.460. The number of ether oxygens (including phenoxy) is 1. The first-order chi connectivity index (χ1) is 8.95. The Morgan fingerprint density at radius 1 is 1.53 bits per heavy atom. The molecule has 1 N–H and O–H groups in total. The van der Waals surface area contributed by atoms with Crippen LogP contribution in [0.4, 0.5) is 5.82 Å². The molecule has 0 aliphatic heterocycles. The molecule has 7 nitrogen and oxygen atoms in total. The zero-order valence-electron chi connectivity index (χ0n) is 10.0. The van der Waals surface area contributed by atoms with Crippen LogP contribution in [0.2, 0.25) is 0 Å². The summed E-state index contributed by atoms with van der Waals surface area (Å²) in [5, 5.41) is 5.03. The molecule has 0 unspecified atom stereocenters. The van der Waals surface area contributed by atoms with Crippen LogP contribution < -0.4 is 4.72 Å². The van der Waals surface area contributed by atoms with Crippen molar-refractivity contribution in [3.05, 3.63) is 28.2 Å². The van der Waals surface area contributed by atoms with Crippen molar-refractivity contribution in [3.8, 4) is 0 Å². The number of carbonyl (C=O) groups excluding carboxylic acids is 1. The van der Waals surface area contributed by atoms with Crippen LogP contribution in [-0.2, 0) is 14.8 Å². The molecule has 19 heavy (non-hydrogen) atoms. The van der Waals surface area contributed by atoms with Gasteiger partial charge in [-0.05, 0) is 17.9 Å². The fraction of sp³-hybridized carbons (Fsp3) is 0.200. The van der Waals surface area contributed by atoms with E-state index in [0.29, 0.717) is 5.56 Å². The van der Waals surface area contributed by atoms with E-state index < -0.39 is 16.0 Å². The number of hydrogen-bond donors (Lipinski definition) is 1. The Labute approximate surface area is 113 Å². The second kappa shape index (κ2) is 5.02. The van der Waals surface area contributed by atoms with Crippen molar-refractivity contribution in [2.24, 2.45) is 0 Å². The van der Waals surface area contributed by atoms with E-state index in [1.54, 1.807) is 12.3 Å². The van der Waals surface area contributed by atoms with Gasteiger partial charge in [-0.15, -0.1) is 11.3 Å². The van der Waals surface area contributed by atoms with Crippen LogP contribution in [0.3, 0.4) is 0 Å². The maximum atomic E-state index is 12.2. The Hall–Kier alpha value is -1.87. The Balaban J connectivity index is 2.46. The minimum Gasteiger partial charge on any atom is -0.465 e. The van der Waals surface area contributed by atoms with Crippen LogP contribution >= 0.6 is 11.3 Å². The highest BCUT2D eigenvalue weighted by molar-refractivity contribution is 7.93. The first kappa shape index (κ1) is 13.6. The maximum absolute atomic E-state index is 12.2. The van der Waals surface area contributed by atoms with Gasteiger partial charge in [0.25, 0.3) is 10.0 Å². The van der Waals surface area contributed by atoms with Crippen molar-refractivity contribution < 1.29 is 22.5 Å². The molecule has 0 saturated heterocycles. The summed E-state index contributed by atoms with van der Waals surface area (Å²) >= 11 is 1.01. The van der Waals surface area contributed by atoms with Gasteiger partial charge >= 0.3 is 5.97 Å². The number of anilines is 1. The van der Waals surface area contributed by atoms with E-state index >= 15 is 0 Å². The highest BCUT2D eigenvalue weighted by atomic mass is 32.2. The lowest BCUT2D eigenvalue weighted by molar-refractivity contribution is 0.0602. The van der Waals surface area contributed by atoms with Gasteiger partial charge in [0, 0.05) is 6.07 Å². The molecule has 0 bridgehead atoms. The predicted octanol–water partition coefficient (Wildman–Crippen LogP) is 1.63. The smallest absolute Gasteiger partial charge is 0.349 e. The van der Waals surface area contributed by atoms with E-state index in [2.05, 4.69) is 19.1 Å². The molecule has 0 amide bonds. The van der Waals surface area contributed by atoms with Crippen LogP contribution in [0.15, 0.2) is 27.1 Å². The van der Waals surface area contributed by atoms with Crippen molar-refractivity contribution in [2.75, 3.05) is 11.8 Å². The zero-order valence-corrected chi connectivity index (χ0v) is 11.7. The summed E-state index contributed by atoms with van der Waals surface area (Å²) < 4.78 is 35.8. The molecule has 0 radical (unpaired) electrons. The van der Waals surface area contributed by atoms with E-state index in [4.69, 9.17) is 0 Å². The van der Waals surface area contributed by atoms with Crippen LogP contribution in [0, 0.1) is 6.92 Å². The molecule has 2 heterocycles. The number of sulfonamides is 1. The zero-order chi connectivity index (χ0) is 14.0. The minimum absolute atomic E-state index is 0.0241. The molecule has 0 aliphatic carbocycles. The van der Waals surface area contributed by atoms with Gasteiger partial charge in [-0.2, -0.15) is 0 Å². The third kappa shape index (κ3) is 2.61. The molecule has 0 aromatic carbocycles. The normalized spacial score (nSPS) is 11.3. The summed E-state index contributed by atoms with van der Waals surface area (Å²) in [6.45, 7) is 1.60. The van der Waals surface area contributed by atoms with Crippen molar-refractivity contribution >= 4 is 33.1 Å². The van der Waals surface area contributed by atoms with Gasteiger partial charge < -0.3 is 9.26 Å². The van der Waals surface area contributed by atoms with E-state index in [1.807, 2.05) is 0 Å². The lowest BCUT2D eigenvalue weighted by Crippen LogP contribution is -2.17. The molecule has 0 fully saturated rings. The molecule has 0 atom stereocenters. The molecule has 102 valence electrons. The number of nitrogens with zero attached hydrogens (tertiary/aromatic N) is 1. The molecule has 0 saturated carbocycles. The van der Waals surface area contributed by atoms with Crippen LogP contribution in [-0.4, -0.2) is 26.7 Å². The molecule has 0 aliphatic rings. The number of rotatable bonds is 4. The van der Waals surface area contributed by atoms with Gasteiger partial charge in [-0.3, -0.25) is 4.72 Å². The molecular weight excluding hydrogens is 292 g/mol. The number of esters is 1. The van der Waals surface area contributed by atoms with E-state index in [9.17, 15) is 13.2 Å². The van der Waals surface area contributed by atoms with Gasteiger partial charge in [0.2, 0.25) is 0 Å². The maximum Gasteiger partial charge on any atom is 0.349 e. The molecular formula is C10H10N2O5S2. The minimum atomic E-state index is -3.92. The molecule has 2 rings (SSSR count). The molecule has 9 heteroatoms. The average Bonchev–Trinajstić information content (AvgIpc) is 2.97. The van der Waals surface area contributed by atoms with Crippen molar-refractivity contribution in [3.63, 3.8) is 0 Å². The number of hydrogen-bond acceptors (Lipinski definition) is 7. The fourth-order valence-corrected chi connectivity index (χ4v) is 4.16. The monoisotopic (exact) mass is 302 g/mol. The number of nitrogens with one attached hydrogen (secondary N) is 1.